The highest BCUT2D eigenvalue weighted by Crippen LogP contribution is 2.32. The third-order valence-corrected chi connectivity index (χ3v) is 7.63. The summed E-state index contributed by atoms with van der Waals surface area (Å²) in [6, 6.07) is 16.9. The standard InChI is InChI=1S/C32H37ClO6/c1-20-7-8-23(12-31(20)37-18-28-16-35-28)9-26-11-24(13-32(22(26)3)38-19-29-17-36-29)10-25-5-4-6-30(21(25)2)39-27(14-33)15-34/h4-8,11-13,27-29,34H,9-10,14-19H2,1-3H3. The van der Waals surface area contributed by atoms with Gasteiger partial charge in [-0.05, 0) is 90.8 Å². The minimum Gasteiger partial charge on any atom is -0.491 e. The SMILES string of the molecule is Cc1ccc(Cc2cc(Cc3cccc(OC(CO)CCl)c3C)cc(OCC3CO3)c2C)cc1OCC1CO1. The average molecular weight is 553 g/mol. The molecular weight excluding hydrogens is 516 g/mol. The molecule has 2 fully saturated rings. The lowest BCUT2D eigenvalue weighted by Crippen LogP contribution is -2.23. The summed E-state index contributed by atoms with van der Waals surface area (Å²) in [4.78, 5) is 0. The molecular formula is C32H37ClO6. The van der Waals surface area contributed by atoms with Gasteiger partial charge in [-0.3, -0.25) is 0 Å². The van der Waals surface area contributed by atoms with E-state index in [9.17, 15) is 5.11 Å². The Hall–Kier alpha value is -2.77. The number of aryl methyl sites for hydroxylation is 1. The van der Waals surface area contributed by atoms with Gasteiger partial charge in [-0.2, -0.15) is 0 Å². The van der Waals surface area contributed by atoms with Crippen LogP contribution in [0.5, 0.6) is 17.2 Å². The molecule has 3 unspecified atom stereocenters. The maximum atomic E-state index is 9.53. The second-order valence-electron chi connectivity index (χ2n) is 10.5. The van der Waals surface area contributed by atoms with Crippen LogP contribution in [0, 0.1) is 20.8 Å². The Bertz CT molecular complexity index is 1280. The van der Waals surface area contributed by atoms with Crippen molar-refractivity contribution in [3.63, 3.8) is 0 Å². The number of benzene rings is 3. The third-order valence-electron chi connectivity index (χ3n) is 7.29. The summed E-state index contributed by atoms with van der Waals surface area (Å²) >= 11 is 5.94. The van der Waals surface area contributed by atoms with Crippen LogP contribution in [0.15, 0.2) is 48.5 Å². The van der Waals surface area contributed by atoms with Crippen molar-refractivity contribution in [2.75, 3.05) is 38.9 Å². The third kappa shape index (κ3) is 7.46. The number of ether oxygens (including phenoxy) is 5. The summed E-state index contributed by atoms with van der Waals surface area (Å²) in [6.45, 7) is 8.80. The van der Waals surface area contributed by atoms with E-state index in [0.29, 0.717) is 13.2 Å². The van der Waals surface area contributed by atoms with Crippen molar-refractivity contribution in [1.82, 2.24) is 0 Å². The van der Waals surface area contributed by atoms with E-state index in [2.05, 4.69) is 50.2 Å². The van der Waals surface area contributed by atoms with Gasteiger partial charge in [0.25, 0.3) is 0 Å². The van der Waals surface area contributed by atoms with Crippen LogP contribution < -0.4 is 14.2 Å². The molecule has 2 saturated heterocycles. The molecule has 0 radical (unpaired) electrons. The Morgan fingerprint density at radius 1 is 0.821 bits per heavy atom. The first-order valence-electron chi connectivity index (χ1n) is 13.6. The predicted octanol–water partition coefficient (Wildman–Crippen LogP) is 5.33. The molecule has 3 atom stereocenters. The van der Waals surface area contributed by atoms with Crippen LogP contribution in [0.2, 0.25) is 0 Å². The maximum Gasteiger partial charge on any atom is 0.135 e. The summed E-state index contributed by atoms with van der Waals surface area (Å²) < 4.78 is 28.9. The van der Waals surface area contributed by atoms with Gasteiger partial charge in [-0.15, -0.1) is 11.6 Å². The molecule has 1 N–H and O–H groups in total. The molecule has 0 bridgehead atoms. The Balaban J connectivity index is 1.41. The highest BCUT2D eigenvalue weighted by molar-refractivity contribution is 6.18. The van der Waals surface area contributed by atoms with E-state index in [1.807, 2.05) is 19.1 Å². The summed E-state index contributed by atoms with van der Waals surface area (Å²) in [6.07, 6.45) is 1.46. The van der Waals surface area contributed by atoms with E-state index in [-0.39, 0.29) is 24.7 Å². The fourth-order valence-electron chi connectivity index (χ4n) is 4.56. The van der Waals surface area contributed by atoms with E-state index in [1.54, 1.807) is 0 Å². The van der Waals surface area contributed by atoms with E-state index in [4.69, 9.17) is 35.3 Å². The Morgan fingerprint density at radius 2 is 1.46 bits per heavy atom. The van der Waals surface area contributed by atoms with Crippen molar-refractivity contribution in [3.8, 4) is 17.2 Å². The molecule has 3 aromatic rings. The van der Waals surface area contributed by atoms with Gasteiger partial charge in [0.2, 0.25) is 0 Å². The fraction of sp³-hybridized carbons (Fsp3) is 0.438. The van der Waals surface area contributed by atoms with E-state index >= 15 is 0 Å². The number of rotatable bonds is 14. The van der Waals surface area contributed by atoms with Gasteiger partial charge < -0.3 is 28.8 Å². The monoisotopic (exact) mass is 552 g/mol. The van der Waals surface area contributed by atoms with Crippen LogP contribution in [-0.4, -0.2) is 62.3 Å². The number of halogens is 1. The fourth-order valence-corrected chi connectivity index (χ4v) is 4.72. The smallest absolute Gasteiger partial charge is 0.135 e. The second kappa shape index (κ2) is 12.6. The first-order valence-corrected chi connectivity index (χ1v) is 14.1. The molecule has 2 aliphatic rings. The van der Waals surface area contributed by atoms with Gasteiger partial charge in [0, 0.05) is 0 Å². The van der Waals surface area contributed by atoms with Crippen LogP contribution in [0.4, 0.5) is 0 Å². The minimum absolute atomic E-state index is 0.125. The highest BCUT2D eigenvalue weighted by Gasteiger charge is 2.25. The van der Waals surface area contributed by atoms with Gasteiger partial charge in [0.05, 0.1) is 25.7 Å². The number of hydrogen-bond donors (Lipinski definition) is 1. The summed E-state index contributed by atoms with van der Waals surface area (Å²) in [5.74, 6) is 2.77. The molecule has 0 spiro atoms. The van der Waals surface area contributed by atoms with Crippen molar-refractivity contribution < 1.29 is 28.8 Å². The van der Waals surface area contributed by atoms with Gasteiger partial charge in [0.15, 0.2) is 0 Å². The zero-order valence-electron chi connectivity index (χ0n) is 22.9. The van der Waals surface area contributed by atoms with Gasteiger partial charge in [0.1, 0.15) is 48.8 Å². The molecule has 2 aliphatic heterocycles. The Morgan fingerprint density at radius 3 is 2.13 bits per heavy atom. The molecule has 0 aliphatic carbocycles. The zero-order valence-corrected chi connectivity index (χ0v) is 23.6. The number of alkyl halides is 1. The predicted molar refractivity (Wildman–Crippen MR) is 152 cm³/mol. The van der Waals surface area contributed by atoms with Gasteiger partial charge in [-0.1, -0.05) is 30.3 Å². The van der Waals surface area contributed by atoms with E-state index < -0.39 is 6.10 Å². The molecule has 2 heterocycles. The van der Waals surface area contributed by atoms with Gasteiger partial charge in [-0.25, -0.2) is 0 Å². The largest absolute Gasteiger partial charge is 0.491 e. The van der Waals surface area contributed by atoms with Crippen LogP contribution in [-0.2, 0) is 22.3 Å². The summed E-state index contributed by atoms with van der Waals surface area (Å²) in [5.41, 5.74) is 8.01. The highest BCUT2D eigenvalue weighted by atomic mass is 35.5. The van der Waals surface area contributed by atoms with Crippen molar-refractivity contribution in [2.45, 2.75) is 51.9 Å². The molecule has 6 nitrogen and oxygen atoms in total. The van der Waals surface area contributed by atoms with Crippen molar-refractivity contribution >= 4 is 11.6 Å². The van der Waals surface area contributed by atoms with Crippen molar-refractivity contribution in [2.24, 2.45) is 0 Å². The van der Waals surface area contributed by atoms with Crippen LogP contribution in [0.25, 0.3) is 0 Å². The van der Waals surface area contributed by atoms with Crippen LogP contribution in [0.1, 0.15) is 38.9 Å². The minimum atomic E-state index is -0.434. The first-order chi connectivity index (χ1) is 18.9. The molecule has 0 amide bonds. The van der Waals surface area contributed by atoms with Crippen molar-refractivity contribution in [3.05, 3.63) is 87.5 Å². The normalized spacial score (nSPS) is 18.5. The zero-order chi connectivity index (χ0) is 27.4. The lowest BCUT2D eigenvalue weighted by atomic mass is 9.93. The number of aliphatic hydroxyl groups excluding tert-OH is 1. The lowest BCUT2D eigenvalue weighted by molar-refractivity contribution is 0.131. The quantitative estimate of drug-likeness (QED) is 0.215. The molecule has 7 heteroatoms. The molecule has 0 saturated carbocycles. The van der Waals surface area contributed by atoms with Gasteiger partial charge >= 0.3 is 0 Å². The molecule has 208 valence electrons. The van der Waals surface area contributed by atoms with E-state index in [0.717, 1.165) is 71.1 Å². The second-order valence-corrected chi connectivity index (χ2v) is 10.8. The molecule has 5 rings (SSSR count). The topological polar surface area (TPSA) is 73.0 Å². The Labute approximate surface area is 235 Å². The molecule has 39 heavy (non-hydrogen) atoms. The summed E-state index contributed by atoms with van der Waals surface area (Å²) in [7, 11) is 0. The average Bonchev–Trinajstić information content (AvgIpc) is 3.86. The molecule has 0 aromatic heterocycles. The Kier molecular flexibility index (Phi) is 8.98. The lowest BCUT2D eigenvalue weighted by Gasteiger charge is -2.19. The van der Waals surface area contributed by atoms with Crippen LogP contribution >= 0.6 is 11.6 Å². The number of hydrogen-bond acceptors (Lipinski definition) is 6. The number of epoxide rings is 2. The van der Waals surface area contributed by atoms with Crippen molar-refractivity contribution in [1.29, 1.82) is 0 Å². The summed E-state index contributed by atoms with van der Waals surface area (Å²) in [5, 5.41) is 9.53. The maximum absolute atomic E-state index is 9.53. The van der Waals surface area contributed by atoms with E-state index in [1.165, 1.54) is 11.1 Å². The molecule has 3 aromatic carbocycles. The first kappa shape index (κ1) is 27.8. The number of aliphatic hydroxyl groups is 1. The van der Waals surface area contributed by atoms with Crippen LogP contribution in [0.3, 0.4) is 0 Å².